The lowest BCUT2D eigenvalue weighted by Gasteiger charge is -2.24. The van der Waals surface area contributed by atoms with Gasteiger partial charge in [-0.1, -0.05) is 12.1 Å². The van der Waals surface area contributed by atoms with Crippen LogP contribution in [0.2, 0.25) is 0 Å². The van der Waals surface area contributed by atoms with Crippen LogP contribution in [-0.4, -0.2) is 15.7 Å². The van der Waals surface area contributed by atoms with Gasteiger partial charge in [0.15, 0.2) is 5.43 Å². The lowest BCUT2D eigenvalue weighted by atomic mass is 9.98. The van der Waals surface area contributed by atoms with Gasteiger partial charge in [0.25, 0.3) is 11.6 Å². The summed E-state index contributed by atoms with van der Waals surface area (Å²) in [7, 11) is 0. The van der Waals surface area contributed by atoms with E-state index < -0.39 is 28.1 Å². The molecular formula is C22H13FN2O6. The van der Waals surface area contributed by atoms with Crippen molar-refractivity contribution in [3.05, 3.63) is 110 Å². The number of carbonyl (C=O) groups is 1. The van der Waals surface area contributed by atoms with E-state index in [-0.39, 0.29) is 34.5 Å². The van der Waals surface area contributed by atoms with Crippen molar-refractivity contribution in [1.29, 1.82) is 0 Å². The molecule has 1 atom stereocenters. The van der Waals surface area contributed by atoms with Gasteiger partial charge < -0.3 is 13.7 Å². The third-order valence-corrected chi connectivity index (χ3v) is 5.23. The highest BCUT2D eigenvalue weighted by Crippen LogP contribution is 2.40. The number of nitro groups is 1. The highest BCUT2D eigenvalue weighted by Gasteiger charge is 2.43. The molecule has 2 aromatic carbocycles. The Kier molecular flexibility index (Phi) is 4.18. The number of furan rings is 1. The van der Waals surface area contributed by atoms with Crippen LogP contribution < -0.4 is 5.43 Å². The lowest BCUT2D eigenvalue weighted by molar-refractivity contribution is -0.384. The first-order valence-electron chi connectivity index (χ1n) is 9.28. The molecule has 0 spiro atoms. The van der Waals surface area contributed by atoms with Gasteiger partial charge in [-0.15, -0.1) is 0 Å². The van der Waals surface area contributed by atoms with E-state index >= 15 is 0 Å². The van der Waals surface area contributed by atoms with E-state index in [4.69, 9.17) is 8.83 Å². The molecule has 1 aliphatic heterocycles. The van der Waals surface area contributed by atoms with Crippen molar-refractivity contribution in [2.24, 2.45) is 0 Å². The number of hydrogen-bond acceptors (Lipinski definition) is 6. The number of nitro benzene ring substituents is 1. The Morgan fingerprint density at radius 1 is 1.10 bits per heavy atom. The molecule has 8 nitrogen and oxygen atoms in total. The van der Waals surface area contributed by atoms with Crippen LogP contribution in [0.15, 0.2) is 74.5 Å². The average molecular weight is 420 g/mol. The minimum Gasteiger partial charge on any atom is -0.467 e. The first kappa shape index (κ1) is 18.7. The Morgan fingerprint density at radius 3 is 2.68 bits per heavy atom. The van der Waals surface area contributed by atoms with E-state index in [1.54, 1.807) is 18.2 Å². The lowest BCUT2D eigenvalue weighted by Crippen LogP contribution is -2.29. The Labute approximate surface area is 173 Å². The molecule has 4 aromatic rings. The van der Waals surface area contributed by atoms with Crippen LogP contribution in [0, 0.1) is 15.9 Å². The Morgan fingerprint density at radius 2 is 1.94 bits per heavy atom. The Bertz CT molecular complexity index is 1410. The summed E-state index contributed by atoms with van der Waals surface area (Å²) in [5.74, 6) is -0.901. The Balaban J connectivity index is 1.76. The summed E-state index contributed by atoms with van der Waals surface area (Å²) in [5.41, 5.74) is -0.308. The number of hydrogen-bond donors (Lipinski definition) is 0. The minimum absolute atomic E-state index is 0.00748. The van der Waals surface area contributed by atoms with Crippen LogP contribution in [0.1, 0.15) is 33.5 Å². The standard InChI is InChI=1S/C22H13FN2O6/c23-13-6-7-17-16(10-13)20(26)18-19(12-3-1-4-14(9-12)25(28)29)24(22(27)21(18)31-17)11-15-5-2-8-30-15/h1-10,19H,11H2. The highest BCUT2D eigenvalue weighted by molar-refractivity contribution is 5.99. The van der Waals surface area contributed by atoms with E-state index in [1.165, 1.54) is 35.4 Å². The van der Waals surface area contributed by atoms with Gasteiger partial charge in [0.05, 0.1) is 34.7 Å². The maximum atomic E-state index is 13.8. The molecule has 1 unspecified atom stereocenters. The van der Waals surface area contributed by atoms with Crippen molar-refractivity contribution in [2.45, 2.75) is 12.6 Å². The quantitative estimate of drug-likeness (QED) is 0.362. The molecule has 1 aliphatic rings. The molecule has 0 fully saturated rings. The molecule has 2 aromatic heterocycles. The molecule has 31 heavy (non-hydrogen) atoms. The molecule has 0 aliphatic carbocycles. The fourth-order valence-electron chi connectivity index (χ4n) is 3.88. The van der Waals surface area contributed by atoms with Crippen molar-refractivity contribution >= 4 is 22.6 Å². The molecule has 5 rings (SSSR count). The molecule has 154 valence electrons. The number of nitrogens with zero attached hydrogens (tertiary/aromatic N) is 2. The van der Waals surface area contributed by atoms with Crippen molar-refractivity contribution in [2.75, 3.05) is 0 Å². The fraction of sp³-hybridized carbons (Fsp3) is 0.0909. The van der Waals surface area contributed by atoms with Crippen LogP contribution in [-0.2, 0) is 6.54 Å². The second-order valence-corrected chi connectivity index (χ2v) is 7.08. The van der Waals surface area contributed by atoms with E-state index in [1.807, 2.05) is 0 Å². The molecule has 1 amide bonds. The van der Waals surface area contributed by atoms with Crippen molar-refractivity contribution in [1.82, 2.24) is 4.90 Å². The number of carbonyl (C=O) groups excluding carboxylic acids is 1. The van der Waals surface area contributed by atoms with E-state index in [2.05, 4.69) is 0 Å². The molecular weight excluding hydrogens is 407 g/mol. The van der Waals surface area contributed by atoms with E-state index in [0.29, 0.717) is 11.3 Å². The fourth-order valence-corrected chi connectivity index (χ4v) is 3.88. The van der Waals surface area contributed by atoms with Crippen LogP contribution in [0.5, 0.6) is 0 Å². The highest BCUT2D eigenvalue weighted by atomic mass is 19.1. The summed E-state index contributed by atoms with van der Waals surface area (Å²) in [5, 5.41) is 11.3. The van der Waals surface area contributed by atoms with Crippen molar-refractivity contribution < 1.29 is 22.9 Å². The van der Waals surface area contributed by atoms with Crippen molar-refractivity contribution in [3.8, 4) is 0 Å². The van der Waals surface area contributed by atoms with E-state index in [0.717, 1.165) is 12.1 Å². The van der Waals surface area contributed by atoms with Crippen LogP contribution >= 0.6 is 0 Å². The third kappa shape index (κ3) is 2.98. The zero-order valence-corrected chi connectivity index (χ0v) is 15.8. The first-order valence-corrected chi connectivity index (χ1v) is 9.28. The summed E-state index contributed by atoms with van der Waals surface area (Å²) in [4.78, 5) is 38.6. The van der Waals surface area contributed by atoms with Crippen molar-refractivity contribution in [3.63, 3.8) is 0 Å². The summed E-state index contributed by atoms with van der Waals surface area (Å²) in [6.45, 7) is 0.00748. The molecule has 0 saturated heterocycles. The van der Waals surface area contributed by atoms with Crippen LogP contribution in [0.25, 0.3) is 11.0 Å². The number of rotatable bonds is 4. The molecule has 0 N–H and O–H groups in total. The topological polar surface area (TPSA) is 107 Å². The van der Waals surface area contributed by atoms with Gasteiger partial charge in [-0.2, -0.15) is 0 Å². The SMILES string of the molecule is O=C1c2oc3ccc(F)cc3c(=O)c2C(c2cccc([N+](=O)[O-])c2)N1Cc1ccco1. The summed E-state index contributed by atoms with van der Waals surface area (Å²) in [6.07, 6.45) is 1.45. The summed E-state index contributed by atoms with van der Waals surface area (Å²) in [6, 6.07) is 11.5. The number of halogens is 1. The van der Waals surface area contributed by atoms with E-state index in [9.17, 15) is 24.1 Å². The van der Waals surface area contributed by atoms with Gasteiger partial charge in [-0.3, -0.25) is 19.7 Å². The van der Waals surface area contributed by atoms with Crippen LogP contribution in [0.4, 0.5) is 10.1 Å². The van der Waals surface area contributed by atoms with Gasteiger partial charge in [-0.25, -0.2) is 4.39 Å². The number of fused-ring (bicyclic) bond motifs is 2. The predicted octanol–water partition coefficient (Wildman–Crippen LogP) is 4.18. The number of amides is 1. The zero-order chi connectivity index (χ0) is 21.7. The zero-order valence-electron chi connectivity index (χ0n) is 15.8. The van der Waals surface area contributed by atoms with Gasteiger partial charge in [0.2, 0.25) is 5.76 Å². The summed E-state index contributed by atoms with van der Waals surface area (Å²) < 4.78 is 24.9. The van der Waals surface area contributed by atoms with Gasteiger partial charge >= 0.3 is 0 Å². The molecule has 0 radical (unpaired) electrons. The Hall–Kier alpha value is -4.27. The normalized spacial score (nSPS) is 15.5. The maximum Gasteiger partial charge on any atom is 0.291 e. The maximum absolute atomic E-state index is 13.8. The average Bonchev–Trinajstić information content (AvgIpc) is 3.36. The van der Waals surface area contributed by atoms with Gasteiger partial charge in [-0.05, 0) is 35.9 Å². The summed E-state index contributed by atoms with van der Waals surface area (Å²) >= 11 is 0. The molecule has 0 bridgehead atoms. The predicted molar refractivity (Wildman–Crippen MR) is 106 cm³/mol. The van der Waals surface area contributed by atoms with Gasteiger partial charge in [0, 0.05) is 12.1 Å². The van der Waals surface area contributed by atoms with Gasteiger partial charge in [0.1, 0.15) is 17.2 Å². The second-order valence-electron chi connectivity index (χ2n) is 7.08. The number of benzene rings is 2. The first-order chi connectivity index (χ1) is 14.9. The van der Waals surface area contributed by atoms with Crippen LogP contribution in [0.3, 0.4) is 0 Å². The molecule has 3 heterocycles. The number of non-ortho nitro benzene ring substituents is 1. The minimum atomic E-state index is -0.962. The smallest absolute Gasteiger partial charge is 0.291 e. The monoisotopic (exact) mass is 420 g/mol. The second kappa shape index (κ2) is 6.91. The molecule has 0 saturated carbocycles. The largest absolute Gasteiger partial charge is 0.467 e. The molecule has 9 heteroatoms. The third-order valence-electron chi connectivity index (χ3n) is 5.23.